The van der Waals surface area contributed by atoms with Crippen LogP contribution >= 0.6 is 0 Å². The molecule has 6 heteroatoms. The Morgan fingerprint density at radius 3 is 2.44 bits per heavy atom. The number of carbonyl (C=O) groups is 2. The summed E-state index contributed by atoms with van der Waals surface area (Å²) in [6.45, 7) is 0.932. The van der Waals surface area contributed by atoms with Crippen LogP contribution in [0.25, 0.3) is 10.9 Å². The molecule has 0 bridgehead atoms. The predicted molar refractivity (Wildman–Crippen MR) is 66.3 cm³/mol. The van der Waals surface area contributed by atoms with Gasteiger partial charge in [0.05, 0.1) is 0 Å². The van der Waals surface area contributed by atoms with Gasteiger partial charge in [-0.05, 0) is 36.2 Å². The van der Waals surface area contributed by atoms with E-state index in [-0.39, 0.29) is 0 Å². The zero-order valence-corrected chi connectivity index (χ0v) is 9.80. The molecule has 6 nitrogen and oxygen atoms in total. The topological polar surface area (TPSA) is 102 Å². The Morgan fingerprint density at radius 1 is 1.22 bits per heavy atom. The number of hydrogen-bond donors (Lipinski definition) is 4. The van der Waals surface area contributed by atoms with Crippen LogP contribution < -0.4 is 5.32 Å². The highest BCUT2D eigenvalue weighted by molar-refractivity contribution is 6.27. The number of aromatic amines is 1. The second-order valence-electron chi connectivity index (χ2n) is 3.54. The summed E-state index contributed by atoms with van der Waals surface area (Å²) in [6.07, 6.45) is 1.97. The van der Waals surface area contributed by atoms with E-state index in [4.69, 9.17) is 19.8 Å². The van der Waals surface area contributed by atoms with Crippen molar-refractivity contribution in [3.63, 3.8) is 0 Å². The van der Waals surface area contributed by atoms with Gasteiger partial charge in [0.2, 0.25) is 0 Å². The van der Waals surface area contributed by atoms with Crippen LogP contribution in [0.2, 0.25) is 0 Å². The number of carboxylic acid groups (broad SMARTS) is 2. The summed E-state index contributed by atoms with van der Waals surface area (Å²) in [4.78, 5) is 21.4. The lowest BCUT2D eigenvalue weighted by Crippen LogP contribution is -2.09. The fourth-order valence-corrected chi connectivity index (χ4v) is 1.42. The molecule has 0 aliphatic heterocycles. The quantitative estimate of drug-likeness (QED) is 0.596. The lowest BCUT2D eigenvalue weighted by Gasteiger charge is -1.98. The molecule has 0 fully saturated rings. The van der Waals surface area contributed by atoms with E-state index in [0.717, 1.165) is 6.54 Å². The highest BCUT2D eigenvalue weighted by Crippen LogP contribution is 2.13. The lowest BCUT2D eigenvalue weighted by molar-refractivity contribution is -0.159. The molecule has 18 heavy (non-hydrogen) atoms. The van der Waals surface area contributed by atoms with Crippen LogP contribution in [0.4, 0.5) is 0 Å². The first kappa shape index (κ1) is 13.7. The highest BCUT2D eigenvalue weighted by Gasteiger charge is 2.04. The van der Waals surface area contributed by atoms with Crippen molar-refractivity contribution in [2.75, 3.05) is 7.05 Å². The third-order valence-electron chi connectivity index (χ3n) is 2.18. The first-order valence-electron chi connectivity index (χ1n) is 5.21. The minimum Gasteiger partial charge on any atom is -0.473 e. The smallest absolute Gasteiger partial charge is 0.414 e. The Kier molecular flexibility index (Phi) is 4.89. The van der Waals surface area contributed by atoms with Crippen LogP contribution in [-0.2, 0) is 16.1 Å². The molecule has 0 saturated carbocycles. The minimum atomic E-state index is -1.82. The number of nitrogens with one attached hydrogen (secondary N) is 2. The molecule has 0 spiro atoms. The molecular formula is C12H14N2O4. The zero-order valence-electron chi connectivity index (χ0n) is 9.80. The third kappa shape index (κ3) is 3.91. The summed E-state index contributed by atoms with van der Waals surface area (Å²) < 4.78 is 0. The monoisotopic (exact) mass is 250 g/mol. The summed E-state index contributed by atoms with van der Waals surface area (Å²) in [5.74, 6) is -3.65. The Hall–Kier alpha value is -2.34. The van der Waals surface area contributed by atoms with Gasteiger partial charge < -0.3 is 20.5 Å². The molecule has 0 aliphatic carbocycles. The molecular weight excluding hydrogens is 236 g/mol. The van der Waals surface area contributed by atoms with Crippen LogP contribution in [0.3, 0.4) is 0 Å². The summed E-state index contributed by atoms with van der Waals surface area (Å²) in [5.41, 5.74) is 2.53. The maximum atomic E-state index is 9.10. The Morgan fingerprint density at radius 2 is 1.89 bits per heavy atom. The molecule has 2 aromatic rings. The Labute approximate surface area is 103 Å². The second kappa shape index (κ2) is 6.41. The van der Waals surface area contributed by atoms with Crippen LogP contribution in [0.5, 0.6) is 0 Å². The van der Waals surface area contributed by atoms with E-state index in [1.165, 1.54) is 16.5 Å². The lowest BCUT2D eigenvalue weighted by atomic mass is 10.1. The van der Waals surface area contributed by atoms with Gasteiger partial charge in [0.15, 0.2) is 0 Å². The molecule has 0 aliphatic rings. The van der Waals surface area contributed by atoms with Crippen molar-refractivity contribution < 1.29 is 19.8 Å². The van der Waals surface area contributed by atoms with E-state index in [2.05, 4.69) is 34.6 Å². The normalized spacial score (nSPS) is 9.61. The number of hydrogen-bond acceptors (Lipinski definition) is 3. The number of aliphatic carboxylic acids is 2. The first-order chi connectivity index (χ1) is 8.54. The fraction of sp³-hybridized carbons (Fsp3) is 0.167. The van der Waals surface area contributed by atoms with Gasteiger partial charge >= 0.3 is 11.9 Å². The molecule has 96 valence electrons. The van der Waals surface area contributed by atoms with Gasteiger partial charge in [-0.15, -0.1) is 0 Å². The standard InChI is InChI=1S/C10H12N2.C2H2O4/c1-11-7-8-2-3-10-9(6-8)4-5-12-10;3-1(4)2(5)6/h2-6,11-12H,7H2,1H3;(H,3,4)(H,5,6). The van der Waals surface area contributed by atoms with Crippen molar-refractivity contribution in [2.45, 2.75) is 6.54 Å². The highest BCUT2D eigenvalue weighted by atomic mass is 16.4. The Bertz CT molecular complexity index is 536. The van der Waals surface area contributed by atoms with Gasteiger partial charge in [-0.25, -0.2) is 9.59 Å². The van der Waals surface area contributed by atoms with Gasteiger partial charge in [0.1, 0.15) is 0 Å². The number of carboxylic acids is 2. The third-order valence-corrected chi connectivity index (χ3v) is 2.18. The van der Waals surface area contributed by atoms with Gasteiger partial charge in [0.25, 0.3) is 0 Å². The summed E-state index contributed by atoms with van der Waals surface area (Å²) in [7, 11) is 1.96. The molecule has 0 amide bonds. The molecule has 0 unspecified atom stereocenters. The molecule has 1 aromatic carbocycles. The molecule has 4 N–H and O–H groups in total. The van der Waals surface area contributed by atoms with Crippen LogP contribution in [0.15, 0.2) is 30.5 Å². The van der Waals surface area contributed by atoms with Crippen LogP contribution in [-0.4, -0.2) is 34.2 Å². The Balaban J connectivity index is 0.000000232. The molecule has 0 radical (unpaired) electrons. The van der Waals surface area contributed by atoms with Crippen molar-refractivity contribution in [3.05, 3.63) is 36.0 Å². The second-order valence-corrected chi connectivity index (χ2v) is 3.54. The van der Waals surface area contributed by atoms with Gasteiger partial charge in [0, 0.05) is 18.3 Å². The van der Waals surface area contributed by atoms with E-state index in [0.29, 0.717) is 0 Å². The molecule has 1 aromatic heterocycles. The van der Waals surface area contributed by atoms with E-state index >= 15 is 0 Å². The summed E-state index contributed by atoms with van der Waals surface area (Å²) in [5, 5.41) is 19.2. The van der Waals surface area contributed by atoms with E-state index in [1.54, 1.807) is 0 Å². The molecule has 0 atom stereocenters. The largest absolute Gasteiger partial charge is 0.473 e. The average molecular weight is 250 g/mol. The van der Waals surface area contributed by atoms with Crippen molar-refractivity contribution in [2.24, 2.45) is 0 Å². The number of fused-ring (bicyclic) bond motifs is 1. The molecule has 0 saturated heterocycles. The first-order valence-corrected chi connectivity index (χ1v) is 5.21. The SMILES string of the molecule is CNCc1ccc2[nH]ccc2c1.O=C(O)C(=O)O. The molecule has 2 rings (SSSR count). The van der Waals surface area contributed by atoms with E-state index in [1.807, 2.05) is 13.2 Å². The minimum absolute atomic E-state index is 0.932. The number of H-pyrrole nitrogens is 1. The van der Waals surface area contributed by atoms with E-state index < -0.39 is 11.9 Å². The predicted octanol–water partition coefficient (Wildman–Crippen LogP) is 1.04. The fourth-order valence-electron chi connectivity index (χ4n) is 1.42. The van der Waals surface area contributed by atoms with Gasteiger partial charge in [-0.3, -0.25) is 0 Å². The summed E-state index contributed by atoms with van der Waals surface area (Å²) in [6, 6.07) is 8.54. The number of benzene rings is 1. The number of rotatable bonds is 2. The molecule has 1 heterocycles. The van der Waals surface area contributed by atoms with Crippen molar-refractivity contribution in [1.82, 2.24) is 10.3 Å². The van der Waals surface area contributed by atoms with Crippen LogP contribution in [0, 0.1) is 0 Å². The zero-order chi connectivity index (χ0) is 13.5. The maximum Gasteiger partial charge on any atom is 0.414 e. The van der Waals surface area contributed by atoms with Crippen molar-refractivity contribution in [3.8, 4) is 0 Å². The average Bonchev–Trinajstić information content (AvgIpc) is 2.77. The maximum absolute atomic E-state index is 9.10. The summed E-state index contributed by atoms with van der Waals surface area (Å²) >= 11 is 0. The van der Waals surface area contributed by atoms with Crippen LogP contribution in [0.1, 0.15) is 5.56 Å². The van der Waals surface area contributed by atoms with Gasteiger partial charge in [-0.2, -0.15) is 0 Å². The van der Waals surface area contributed by atoms with Gasteiger partial charge in [-0.1, -0.05) is 6.07 Å². The van der Waals surface area contributed by atoms with Crippen molar-refractivity contribution >= 4 is 22.8 Å². The van der Waals surface area contributed by atoms with Crippen molar-refractivity contribution in [1.29, 1.82) is 0 Å². The van der Waals surface area contributed by atoms with E-state index in [9.17, 15) is 0 Å². The number of aromatic nitrogens is 1.